The minimum atomic E-state index is -3.37. The molecule has 0 amide bonds. The fourth-order valence-electron chi connectivity index (χ4n) is 1.58. The van der Waals surface area contributed by atoms with Crippen LogP contribution >= 0.6 is 0 Å². The van der Waals surface area contributed by atoms with Crippen LogP contribution in [0.2, 0.25) is 0 Å². The number of carbonyl (C=O) groups excluding carboxylic acids is 1. The molecule has 0 N–H and O–H groups in total. The van der Waals surface area contributed by atoms with Gasteiger partial charge in [-0.05, 0) is 37.5 Å². The highest BCUT2D eigenvalue weighted by molar-refractivity contribution is 7.85. The topological polar surface area (TPSA) is 78.9 Å². The van der Waals surface area contributed by atoms with Crippen LogP contribution < -0.4 is 4.74 Å². The zero-order valence-electron chi connectivity index (χ0n) is 12.2. The number of aryl methyl sites for hydroxylation is 1. The van der Waals surface area contributed by atoms with Crippen LogP contribution in [0.1, 0.15) is 18.9 Å². The molecule has 1 aromatic rings. The Morgan fingerprint density at radius 3 is 2.43 bits per heavy atom. The van der Waals surface area contributed by atoms with E-state index in [9.17, 15) is 13.2 Å². The molecule has 0 aliphatic rings. The first kappa shape index (κ1) is 17.5. The van der Waals surface area contributed by atoms with Crippen LogP contribution in [-0.2, 0) is 30.3 Å². The summed E-state index contributed by atoms with van der Waals surface area (Å²) in [5, 5.41) is 0. The molecule has 21 heavy (non-hydrogen) atoms. The molecule has 0 saturated heterocycles. The van der Waals surface area contributed by atoms with Gasteiger partial charge in [-0.2, -0.15) is 8.42 Å². The van der Waals surface area contributed by atoms with Crippen molar-refractivity contribution in [3.63, 3.8) is 0 Å². The molecule has 0 radical (unpaired) electrons. The second-order valence-corrected chi connectivity index (χ2v) is 6.01. The predicted molar refractivity (Wildman–Crippen MR) is 77.7 cm³/mol. The van der Waals surface area contributed by atoms with Crippen molar-refractivity contribution in [1.82, 2.24) is 0 Å². The minimum absolute atomic E-state index is 0.116. The first-order valence-corrected chi connectivity index (χ1v) is 8.44. The van der Waals surface area contributed by atoms with Crippen LogP contribution in [0.3, 0.4) is 0 Å². The van der Waals surface area contributed by atoms with Gasteiger partial charge in [-0.15, -0.1) is 0 Å². The molecular formula is C14H20O6S. The van der Waals surface area contributed by atoms with Crippen LogP contribution in [0.15, 0.2) is 24.3 Å². The summed E-state index contributed by atoms with van der Waals surface area (Å²) in [6.45, 7) is 2.12. The smallest absolute Gasteiger partial charge is 0.344 e. The third-order valence-corrected chi connectivity index (χ3v) is 3.09. The van der Waals surface area contributed by atoms with E-state index in [1.807, 2.05) is 12.1 Å². The van der Waals surface area contributed by atoms with Crippen molar-refractivity contribution in [2.75, 3.05) is 26.1 Å². The molecule has 1 rings (SSSR count). The van der Waals surface area contributed by atoms with Crippen molar-refractivity contribution >= 4 is 16.1 Å². The van der Waals surface area contributed by atoms with E-state index in [1.54, 1.807) is 19.1 Å². The molecule has 0 aliphatic carbocycles. The zero-order valence-corrected chi connectivity index (χ0v) is 13.0. The van der Waals surface area contributed by atoms with Crippen molar-refractivity contribution < 1.29 is 26.9 Å². The highest BCUT2D eigenvalue weighted by Crippen LogP contribution is 2.13. The van der Waals surface area contributed by atoms with Gasteiger partial charge in [-0.25, -0.2) is 4.79 Å². The van der Waals surface area contributed by atoms with Gasteiger partial charge in [0.1, 0.15) is 5.75 Å². The van der Waals surface area contributed by atoms with E-state index in [0.717, 1.165) is 11.8 Å². The highest BCUT2D eigenvalue weighted by Gasteiger charge is 2.04. The SMILES string of the molecule is CCOC(=O)COc1ccc(CCCOS(C)(=O)=O)cc1. The molecule has 0 bridgehead atoms. The van der Waals surface area contributed by atoms with Crippen molar-refractivity contribution in [2.24, 2.45) is 0 Å². The Balaban J connectivity index is 2.31. The lowest BCUT2D eigenvalue weighted by Crippen LogP contribution is -2.14. The van der Waals surface area contributed by atoms with Gasteiger partial charge in [0.05, 0.1) is 19.5 Å². The van der Waals surface area contributed by atoms with Crippen molar-refractivity contribution in [2.45, 2.75) is 19.8 Å². The van der Waals surface area contributed by atoms with Gasteiger partial charge >= 0.3 is 5.97 Å². The molecule has 0 heterocycles. The van der Waals surface area contributed by atoms with Crippen LogP contribution in [0.5, 0.6) is 5.75 Å². The Hall–Kier alpha value is -1.60. The number of hydrogen-bond donors (Lipinski definition) is 0. The fourth-order valence-corrected chi connectivity index (χ4v) is 2.00. The molecule has 0 spiro atoms. The van der Waals surface area contributed by atoms with E-state index in [2.05, 4.69) is 4.18 Å². The van der Waals surface area contributed by atoms with Crippen LogP contribution in [0.4, 0.5) is 0 Å². The van der Waals surface area contributed by atoms with E-state index in [4.69, 9.17) is 9.47 Å². The van der Waals surface area contributed by atoms with E-state index in [1.165, 1.54) is 0 Å². The largest absolute Gasteiger partial charge is 0.482 e. The molecule has 0 unspecified atom stereocenters. The monoisotopic (exact) mass is 316 g/mol. The van der Waals surface area contributed by atoms with Gasteiger partial charge < -0.3 is 9.47 Å². The average Bonchev–Trinajstić information content (AvgIpc) is 2.42. The second kappa shape index (κ2) is 8.63. The summed E-state index contributed by atoms with van der Waals surface area (Å²) in [6.07, 6.45) is 2.34. The zero-order chi connectivity index (χ0) is 15.7. The van der Waals surface area contributed by atoms with Crippen LogP contribution in [0, 0.1) is 0 Å². The molecule has 0 aromatic heterocycles. The van der Waals surface area contributed by atoms with Gasteiger partial charge in [0.2, 0.25) is 0 Å². The number of carbonyl (C=O) groups is 1. The van der Waals surface area contributed by atoms with Crippen LogP contribution in [0.25, 0.3) is 0 Å². The standard InChI is InChI=1S/C14H20O6S/c1-3-18-14(15)11-19-13-8-6-12(7-9-13)5-4-10-20-21(2,16)17/h6-9H,3-5,10-11H2,1-2H3. The lowest BCUT2D eigenvalue weighted by Gasteiger charge is -2.07. The maximum Gasteiger partial charge on any atom is 0.344 e. The average molecular weight is 316 g/mol. The highest BCUT2D eigenvalue weighted by atomic mass is 32.2. The molecule has 6 nitrogen and oxygen atoms in total. The molecule has 1 aromatic carbocycles. The van der Waals surface area contributed by atoms with Crippen molar-refractivity contribution in [3.8, 4) is 5.75 Å². The number of hydrogen-bond acceptors (Lipinski definition) is 6. The summed E-state index contributed by atoms with van der Waals surface area (Å²) in [5.41, 5.74) is 1.04. The summed E-state index contributed by atoms with van der Waals surface area (Å²) in [5.74, 6) is 0.179. The van der Waals surface area contributed by atoms with E-state index >= 15 is 0 Å². The van der Waals surface area contributed by atoms with Gasteiger partial charge in [-0.3, -0.25) is 4.18 Å². The van der Waals surface area contributed by atoms with Crippen molar-refractivity contribution in [1.29, 1.82) is 0 Å². The Kier molecular flexibility index (Phi) is 7.18. The van der Waals surface area contributed by atoms with Gasteiger partial charge in [-0.1, -0.05) is 12.1 Å². The van der Waals surface area contributed by atoms with E-state index < -0.39 is 16.1 Å². The second-order valence-electron chi connectivity index (χ2n) is 4.37. The summed E-state index contributed by atoms with van der Waals surface area (Å²) in [4.78, 5) is 11.1. The van der Waals surface area contributed by atoms with Gasteiger partial charge in [0.25, 0.3) is 10.1 Å². The summed E-state index contributed by atoms with van der Waals surface area (Å²) >= 11 is 0. The molecule has 0 saturated carbocycles. The number of esters is 1. The number of rotatable bonds is 9. The summed E-state index contributed by atoms with van der Waals surface area (Å²) in [7, 11) is -3.37. The minimum Gasteiger partial charge on any atom is -0.482 e. The fraction of sp³-hybridized carbons (Fsp3) is 0.500. The van der Waals surface area contributed by atoms with E-state index in [-0.39, 0.29) is 13.2 Å². The quantitative estimate of drug-likeness (QED) is 0.390. The Morgan fingerprint density at radius 2 is 1.86 bits per heavy atom. The first-order valence-electron chi connectivity index (χ1n) is 6.62. The summed E-state index contributed by atoms with van der Waals surface area (Å²) in [6, 6.07) is 7.24. The summed E-state index contributed by atoms with van der Waals surface area (Å²) < 4.78 is 36.2. The third kappa shape index (κ3) is 8.31. The van der Waals surface area contributed by atoms with Gasteiger partial charge in [0.15, 0.2) is 6.61 Å². The Labute approximate surface area is 125 Å². The lowest BCUT2D eigenvalue weighted by atomic mass is 10.1. The van der Waals surface area contributed by atoms with Gasteiger partial charge in [0, 0.05) is 0 Å². The molecule has 0 aliphatic heterocycles. The predicted octanol–water partition coefficient (Wildman–Crippen LogP) is 1.54. The number of benzene rings is 1. The Morgan fingerprint density at radius 1 is 1.19 bits per heavy atom. The molecule has 0 atom stereocenters. The third-order valence-electron chi connectivity index (χ3n) is 2.49. The van der Waals surface area contributed by atoms with E-state index in [0.29, 0.717) is 25.2 Å². The lowest BCUT2D eigenvalue weighted by molar-refractivity contribution is -0.145. The van der Waals surface area contributed by atoms with Crippen LogP contribution in [-0.4, -0.2) is 40.5 Å². The molecule has 118 valence electrons. The van der Waals surface area contributed by atoms with Crippen molar-refractivity contribution in [3.05, 3.63) is 29.8 Å². The molecular weight excluding hydrogens is 296 g/mol. The maximum absolute atomic E-state index is 11.1. The number of ether oxygens (including phenoxy) is 2. The Bertz CT molecular complexity index is 535. The molecule has 0 fully saturated rings. The molecule has 7 heteroatoms. The first-order chi connectivity index (χ1) is 9.90. The maximum atomic E-state index is 11.1. The normalized spacial score (nSPS) is 11.1.